The molecule has 0 aromatic carbocycles. The van der Waals surface area contributed by atoms with Crippen LogP contribution in [0.15, 0.2) is 30.1 Å². The molecule has 1 aromatic rings. The molecule has 2 rings (SSSR count). The van der Waals surface area contributed by atoms with Gasteiger partial charge >= 0.3 is 5.97 Å². The monoisotopic (exact) mass is 189 g/mol. The topological polar surface area (TPSA) is 50.2 Å². The van der Waals surface area contributed by atoms with E-state index in [9.17, 15) is 4.79 Å². The highest BCUT2D eigenvalue weighted by molar-refractivity contribution is 5.97. The van der Waals surface area contributed by atoms with Crippen molar-refractivity contribution in [3.63, 3.8) is 0 Å². The zero-order valence-electron chi connectivity index (χ0n) is 7.73. The molecule has 0 unspecified atom stereocenters. The molecule has 0 amide bonds. The normalized spacial score (nSPS) is 16.0. The standard InChI is InChI=1S/C11H11NO2/c13-11(14)10-3-1-2-9(10)8-4-6-12-7-5-8/h4-7H,1-3H2,(H,13,14). The number of hydrogen-bond donors (Lipinski definition) is 1. The van der Waals surface area contributed by atoms with Crippen molar-refractivity contribution in [1.82, 2.24) is 4.98 Å². The fourth-order valence-corrected chi connectivity index (χ4v) is 1.85. The van der Waals surface area contributed by atoms with Gasteiger partial charge in [-0.3, -0.25) is 4.98 Å². The maximum Gasteiger partial charge on any atom is 0.331 e. The van der Waals surface area contributed by atoms with Crippen LogP contribution >= 0.6 is 0 Å². The van der Waals surface area contributed by atoms with Crippen LogP contribution in [-0.4, -0.2) is 16.1 Å². The lowest BCUT2D eigenvalue weighted by molar-refractivity contribution is -0.132. The molecule has 1 aliphatic carbocycles. The smallest absolute Gasteiger partial charge is 0.331 e. The van der Waals surface area contributed by atoms with E-state index in [4.69, 9.17) is 5.11 Å². The number of hydrogen-bond acceptors (Lipinski definition) is 2. The third-order valence-corrected chi connectivity index (χ3v) is 2.50. The Morgan fingerprint density at radius 3 is 2.64 bits per heavy atom. The van der Waals surface area contributed by atoms with Crippen molar-refractivity contribution < 1.29 is 9.90 Å². The first-order valence-electron chi connectivity index (χ1n) is 4.65. The minimum absolute atomic E-state index is 0.566. The van der Waals surface area contributed by atoms with Crippen molar-refractivity contribution in [2.24, 2.45) is 0 Å². The van der Waals surface area contributed by atoms with Gasteiger partial charge in [0.05, 0.1) is 0 Å². The van der Waals surface area contributed by atoms with Crippen LogP contribution in [0.2, 0.25) is 0 Å². The Balaban J connectivity index is 2.43. The number of carboxylic acids is 1. The fraction of sp³-hybridized carbons (Fsp3) is 0.273. The molecular formula is C11H11NO2. The van der Waals surface area contributed by atoms with Crippen LogP contribution in [-0.2, 0) is 4.79 Å². The summed E-state index contributed by atoms with van der Waals surface area (Å²) in [4.78, 5) is 14.8. The molecule has 3 nitrogen and oxygen atoms in total. The average Bonchev–Trinajstić information content (AvgIpc) is 2.67. The molecule has 0 fully saturated rings. The van der Waals surface area contributed by atoms with Crippen LogP contribution in [0.1, 0.15) is 24.8 Å². The summed E-state index contributed by atoms with van der Waals surface area (Å²) in [6.07, 6.45) is 5.89. The second-order valence-corrected chi connectivity index (χ2v) is 3.35. The van der Waals surface area contributed by atoms with Crippen molar-refractivity contribution in [3.8, 4) is 0 Å². The summed E-state index contributed by atoms with van der Waals surface area (Å²) in [6.45, 7) is 0. The maximum atomic E-state index is 10.9. The van der Waals surface area contributed by atoms with Crippen molar-refractivity contribution in [2.75, 3.05) is 0 Å². The first-order valence-corrected chi connectivity index (χ1v) is 4.65. The van der Waals surface area contributed by atoms with E-state index < -0.39 is 5.97 Å². The zero-order valence-corrected chi connectivity index (χ0v) is 7.73. The highest BCUT2D eigenvalue weighted by atomic mass is 16.4. The van der Waals surface area contributed by atoms with E-state index in [0.717, 1.165) is 24.0 Å². The fourth-order valence-electron chi connectivity index (χ4n) is 1.85. The van der Waals surface area contributed by atoms with E-state index in [0.29, 0.717) is 12.0 Å². The molecule has 0 radical (unpaired) electrons. The Morgan fingerprint density at radius 2 is 2.00 bits per heavy atom. The zero-order chi connectivity index (χ0) is 9.97. The van der Waals surface area contributed by atoms with Crippen LogP contribution in [0.3, 0.4) is 0 Å². The molecular weight excluding hydrogens is 178 g/mol. The predicted molar refractivity (Wildman–Crippen MR) is 52.6 cm³/mol. The number of aromatic nitrogens is 1. The van der Waals surface area contributed by atoms with Gasteiger partial charge in [-0.2, -0.15) is 0 Å². The van der Waals surface area contributed by atoms with Crippen LogP contribution in [0.5, 0.6) is 0 Å². The number of nitrogens with zero attached hydrogens (tertiary/aromatic N) is 1. The van der Waals surface area contributed by atoms with Gasteiger partial charge in [-0.1, -0.05) is 0 Å². The number of pyridine rings is 1. The van der Waals surface area contributed by atoms with Gasteiger partial charge in [-0.25, -0.2) is 4.79 Å². The Labute approximate surface area is 82.1 Å². The third-order valence-electron chi connectivity index (χ3n) is 2.50. The summed E-state index contributed by atoms with van der Waals surface area (Å²) in [5.41, 5.74) is 2.53. The maximum absolute atomic E-state index is 10.9. The van der Waals surface area contributed by atoms with Gasteiger partial charge in [-0.15, -0.1) is 0 Å². The van der Waals surface area contributed by atoms with Crippen molar-refractivity contribution in [3.05, 3.63) is 35.7 Å². The van der Waals surface area contributed by atoms with Crippen molar-refractivity contribution in [1.29, 1.82) is 0 Å². The molecule has 0 atom stereocenters. The van der Waals surface area contributed by atoms with Crippen LogP contribution < -0.4 is 0 Å². The molecule has 0 saturated heterocycles. The highest BCUT2D eigenvalue weighted by Gasteiger charge is 2.20. The van der Waals surface area contributed by atoms with E-state index in [1.165, 1.54) is 0 Å². The quantitative estimate of drug-likeness (QED) is 0.775. The van der Waals surface area contributed by atoms with E-state index in [1.54, 1.807) is 12.4 Å². The van der Waals surface area contributed by atoms with E-state index in [2.05, 4.69) is 4.98 Å². The van der Waals surface area contributed by atoms with E-state index >= 15 is 0 Å². The summed E-state index contributed by atoms with van der Waals surface area (Å²) in [7, 11) is 0. The second-order valence-electron chi connectivity index (χ2n) is 3.35. The molecule has 72 valence electrons. The summed E-state index contributed by atoms with van der Waals surface area (Å²) in [5.74, 6) is -0.783. The predicted octanol–water partition coefficient (Wildman–Crippen LogP) is 2.10. The Hall–Kier alpha value is -1.64. The van der Waals surface area contributed by atoms with Crippen LogP contribution in [0, 0.1) is 0 Å². The molecule has 1 N–H and O–H groups in total. The number of carboxylic acid groups (broad SMARTS) is 1. The van der Waals surface area contributed by atoms with Gasteiger partial charge in [0.2, 0.25) is 0 Å². The largest absolute Gasteiger partial charge is 0.478 e. The minimum Gasteiger partial charge on any atom is -0.478 e. The lowest BCUT2D eigenvalue weighted by Gasteiger charge is -2.02. The minimum atomic E-state index is -0.783. The van der Waals surface area contributed by atoms with E-state index in [1.807, 2.05) is 12.1 Å². The molecule has 1 aromatic heterocycles. The molecule has 1 aliphatic rings. The van der Waals surface area contributed by atoms with Gasteiger partial charge < -0.3 is 5.11 Å². The summed E-state index contributed by atoms with van der Waals surface area (Å²) in [6, 6.07) is 3.73. The SMILES string of the molecule is O=C(O)C1=C(c2ccncc2)CCC1. The molecule has 1 heterocycles. The molecule has 0 spiro atoms. The van der Waals surface area contributed by atoms with Crippen molar-refractivity contribution in [2.45, 2.75) is 19.3 Å². The summed E-state index contributed by atoms with van der Waals surface area (Å²) < 4.78 is 0. The van der Waals surface area contributed by atoms with Crippen LogP contribution in [0.25, 0.3) is 5.57 Å². The first kappa shape index (κ1) is 8.94. The van der Waals surface area contributed by atoms with Gasteiger partial charge in [0, 0.05) is 18.0 Å². The Kier molecular flexibility index (Phi) is 2.31. The number of rotatable bonds is 2. The second kappa shape index (κ2) is 3.62. The molecule has 14 heavy (non-hydrogen) atoms. The number of aliphatic carboxylic acids is 1. The molecule has 0 aliphatic heterocycles. The third kappa shape index (κ3) is 1.53. The number of allylic oxidation sites excluding steroid dienone is 1. The van der Waals surface area contributed by atoms with Gasteiger partial charge in [0.25, 0.3) is 0 Å². The van der Waals surface area contributed by atoms with E-state index in [-0.39, 0.29) is 0 Å². The van der Waals surface area contributed by atoms with Crippen molar-refractivity contribution >= 4 is 11.5 Å². The summed E-state index contributed by atoms with van der Waals surface area (Å²) >= 11 is 0. The van der Waals surface area contributed by atoms with Gasteiger partial charge in [-0.05, 0) is 42.5 Å². The van der Waals surface area contributed by atoms with Gasteiger partial charge in [0.15, 0.2) is 0 Å². The lowest BCUT2D eigenvalue weighted by atomic mass is 10.0. The first-order chi connectivity index (χ1) is 6.79. The number of carbonyl (C=O) groups is 1. The Morgan fingerprint density at radius 1 is 1.29 bits per heavy atom. The molecule has 3 heteroatoms. The summed E-state index contributed by atoms with van der Waals surface area (Å²) in [5, 5.41) is 8.97. The lowest BCUT2D eigenvalue weighted by Crippen LogP contribution is -1.99. The van der Waals surface area contributed by atoms with Gasteiger partial charge in [0.1, 0.15) is 0 Å². The van der Waals surface area contributed by atoms with Crippen LogP contribution in [0.4, 0.5) is 0 Å². The Bertz CT molecular complexity index is 382. The molecule has 0 saturated carbocycles. The molecule has 0 bridgehead atoms. The average molecular weight is 189 g/mol. The highest BCUT2D eigenvalue weighted by Crippen LogP contribution is 2.33.